The van der Waals surface area contributed by atoms with E-state index in [2.05, 4.69) is 5.32 Å². The van der Waals surface area contributed by atoms with Crippen LogP contribution < -0.4 is 5.32 Å². The molecule has 0 aromatic heterocycles. The lowest BCUT2D eigenvalue weighted by Gasteiger charge is -2.13. The zero-order chi connectivity index (χ0) is 11.1. The van der Waals surface area contributed by atoms with Gasteiger partial charge in [-0.2, -0.15) is 5.26 Å². The molecule has 1 aromatic carbocycles. The van der Waals surface area contributed by atoms with E-state index >= 15 is 0 Å². The lowest BCUT2D eigenvalue weighted by molar-refractivity contribution is -0.118. The van der Waals surface area contributed by atoms with Crippen molar-refractivity contribution in [1.29, 1.82) is 5.26 Å². The summed E-state index contributed by atoms with van der Waals surface area (Å²) in [6.07, 6.45) is 0.661. The maximum Gasteiger partial charge on any atom is 0.249 e. The topological polar surface area (TPSA) is 70.0 Å². The van der Waals surface area contributed by atoms with E-state index in [0.717, 1.165) is 0 Å². The van der Waals surface area contributed by atoms with Gasteiger partial charge in [-0.15, -0.1) is 0 Å². The molecule has 1 aromatic rings. The number of anilines is 1. The van der Waals surface area contributed by atoms with E-state index in [1.54, 1.807) is 18.2 Å². The monoisotopic (exact) mass is 200 g/mol. The number of nitrogens with one attached hydrogen (secondary N) is 1. The van der Waals surface area contributed by atoms with Crippen LogP contribution in [0.15, 0.2) is 18.2 Å². The molecule has 0 aliphatic carbocycles. The molecule has 1 N–H and O–H groups in total. The van der Waals surface area contributed by atoms with Crippen LogP contribution in [0.5, 0.6) is 0 Å². The van der Waals surface area contributed by atoms with Crippen LogP contribution in [0, 0.1) is 11.3 Å². The Morgan fingerprint density at radius 1 is 1.53 bits per heavy atom. The first-order valence-corrected chi connectivity index (χ1v) is 4.45. The highest BCUT2D eigenvalue weighted by molar-refractivity contribution is 6.10. The fourth-order valence-electron chi connectivity index (χ4n) is 1.80. The minimum Gasteiger partial charge on any atom is -0.324 e. The van der Waals surface area contributed by atoms with Crippen molar-refractivity contribution in [2.45, 2.75) is 12.3 Å². The van der Waals surface area contributed by atoms with Gasteiger partial charge in [-0.05, 0) is 13.0 Å². The molecule has 0 bridgehead atoms. The van der Waals surface area contributed by atoms with Crippen molar-refractivity contribution in [2.75, 3.05) is 5.32 Å². The number of amides is 1. The number of nitrogens with zero attached hydrogens (tertiary/aromatic N) is 1. The molecule has 1 atom stereocenters. The first-order chi connectivity index (χ1) is 7.13. The Morgan fingerprint density at radius 3 is 2.87 bits per heavy atom. The van der Waals surface area contributed by atoms with Crippen LogP contribution in [-0.4, -0.2) is 12.2 Å². The van der Waals surface area contributed by atoms with Crippen LogP contribution in [0.3, 0.4) is 0 Å². The van der Waals surface area contributed by atoms with E-state index in [1.165, 1.54) is 6.92 Å². The molecule has 4 nitrogen and oxygen atoms in total. The van der Waals surface area contributed by atoms with Crippen molar-refractivity contribution >= 4 is 17.9 Å². The highest BCUT2D eigenvalue weighted by Gasteiger charge is 2.44. The summed E-state index contributed by atoms with van der Waals surface area (Å²) in [6, 6.07) is 6.90. The number of aldehydes is 1. The average Bonchev–Trinajstić information content (AvgIpc) is 2.52. The van der Waals surface area contributed by atoms with E-state index in [0.29, 0.717) is 23.1 Å². The van der Waals surface area contributed by atoms with Gasteiger partial charge in [0.15, 0.2) is 5.41 Å². The van der Waals surface area contributed by atoms with Gasteiger partial charge in [0.1, 0.15) is 6.29 Å². The van der Waals surface area contributed by atoms with Gasteiger partial charge >= 0.3 is 0 Å². The minimum atomic E-state index is -1.26. The first-order valence-electron chi connectivity index (χ1n) is 4.45. The summed E-state index contributed by atoms with van der Waals surface area (Å²) < 4.78 is 0. The van der Waals surface area contributed by atoms with Gasteiger partial charge in [0.25, 0.3) is 0 Å². The first kappa shape index (κ1) is 9.41. The number of hydrogen-bond donors (Lipinski definition) is 1. The van der Waals surface area contributed by atoms with Gasteiger partial charge in [-0.25, -0.2) is 0 Å². The predicted octanol–water partition coefficient (Wildman–Crippen LogP) is 1.23. The average molecular weight is 200 g/mol. The fourth-order valence-corrected chi connectivity index (χ4v) is 1.80. The number of fused-ring (bicyclic) bond motifs is 1. The third-order valence-corrected chi connectivity index (χ3v) is 2.65. The van der Waals surface area contributed by atoms with Crippen LogP contribution in [0.4, 0.5) is 5.69 Å². The molecule has 1 unspecified atom stereocenters. The second kappa shape index (κ2) is 2.92. The van der Waals surface area contributed by atoms with Crippen molar-refractivity contribution in [2.24, 2.45) is 0 Å². The van der Waals surface area contributed by atoms with Crippen molar-refractivity contribution in [3.8, 4) is 6.07 Å². The number of carbonyl (C=O) groups excluding carboxylic acids is 2. The Morgan fingerprint density at radius 2 is 2.27 bits per heavy atom. The molecule has 0 fully saturated rings. The molecule has 1 heterocycles. The molecule has 74 valence electrons. The molecule has 2 rings (SSSR count). The number of rotatable bonds is 1. The van der Waals surface area contributed by atoms with Crippen molar-refractivity contribution in [1.82, 2.24) is 0 Å². The van der Waals surface area contributed by atoms with Gasteiger partial charge in [-0.3, -0.25) is 9.59 Å². The van der Waals surface area contributed by atoms with Gasteiger partial charge < -0.3 is 5.32 Å². The van der Waals surface area contributed by atoms with Crippen LogP contribution in [0.25, 0.3) is 0 Å². The predicted molar refractivity (Wildman–Crippen MR) is 53.4 cm³/mol. The fraction of sp³-hybridized carbons (Fsp3) is 0.182. The highest BCUT2D eigenvalue weighted by Crippen LogP contribution is 2.38. The molecule has 0 radical (unpaired) electrons. The Labute approximate surface area is 86.5 Å². The van der Waals surface area contributed by atoms with E-state index in [-0.39, 0.29) is 5.91 Å². The second-order valence-corrected chi connectivity index (χ2v) is 3.58. The summed E-state index contributed by atoms with van der Waals surface area (Å²) in [5.41, 5.74) is 0.156. The molecule has 1 aliphatic heterocycles. The number of carbonyl (C=O) groups is 2. The maximum absolute atomic E-state index is 11.6. The van der Waals surface area contributed by atoms with Gasteiger partial charge in [-0.1, -0.05) is 12.1 Å². The quantitative estimate of drug-likeness (QED) is 0.693. The minimum absolute atomic E-state index is 0.380. The van der Waals surface area contributed by atoms with Crippen LogP contribution in [-0.2, 0) is 10.2 Å². The Bertz CT molecular complexity index is 502. The summed E-state index contributed by atoms with van der Waals surface area (Å²) >= 11 is 0. The number of nitriles is 1. The third-order valence-electron chi connectivity index (χ3n) is 2.65. The Hall–Kier alpha value is -2.15. The molecule has 1 aliphatic rings. The zero-order valence-electron chi connectivity index (χ0n) is 8.07. The van der Waals surface area contributed by atoms with Crippen LogP contribution in [0.2, 0.25) is 0 Å². The normalized spacial score (nSPS) is 22.8. The standard InChI is InChI=1S/C11H8N2O2/c1-11(6-12)9-7(5-14)3-2-4-8(9)13-10(11)15/h2-5H,1H3,(H,13,15). The molecule has 15 heavy (non-hydrogen) atoms. The van der Waals surface area contributed by atoms with Gasteiger partial charge in [0.2, 0.25) is 5.91 Å². The van der Waals surface area contributed by atoms with E-state index < -0.39 is 5.41 Å². The summed E-state index contributed by atoms with van der Waals surface area (Å²) in [5.74, 6) is -0.380. The van der Waals surface area contributed by atoms with E-state index in [1.807, 2.05) is 6.07 Å². The molecule has 1 amide bonds. The Balaban J connectivity index is 2.77. The van der Waals surface area contributed by atoms with Crippen molar-refractivity contribution in [3.63, 3.8) is 0 Å². The van der Waals surface area contributed by atoms with E-state index in [9.17, 15) is 9.59 Å². The lowest BCUT2D eigenvalue weighted by Crippen LogP contribution is -2.29. The highest BCUT2D eigenvalue weighted by atomic mass is 16.2. The summed E-state index contributed by atoms with van der Waals surface area (Å²) in [4.78, 5) is 22.4. The molecular formula is C11H8N2O2. The molecule has 4 heteroatoms. The molecular weight excluding hydrogens is 192 g/mol. The van der Waals surface area contributed by atoms with Crippen LogP contribution in [0.1, 0.15) is 22.8 Å². The lowest BCUT2D eigenvalue weighted by atomic mass is 9.83. The van der Waals surface area contributed by atoms with Crippen molar-refractivity contribution in [3.05, 3.63) is 29.3 Å². The SMILES string of the molecule is CC1(C#N)C(=O)Nc2cccc(C=O)c21. The van der Waals surface area contributed by atoms with Crippen LogP contribution >= 0.6 is 0 Å². The zero-order valence-corrected chi connectivity index (χ0v) is 8.07. The largest absolute Gasteiger partial charge is 0.324 e. The second-order valence-electron chi connectivity index (χ2n) is 3.58. The van der Waals surface area contributed by atoms with Gasteiger partial charge in [0, 0.05) is 16.8 Å². The summed E-state index contributed by atoms with van der Waals surface area (Å²) in [5, 5.41) is 11.6. The van der Waals surface area contributed by atoms with E-state index in [4.69, 9.17) is 5.26 Å². The summed E-state index contributed by atoms with van der Waals surface area (Å²) in [6.45, 7) is 1.52. The Kier molecular flexibility index (Phi) is 1.83. The number of benzene rings is 1. The molecule has 0 saturated carbocycles. The smallest absolute Gasteiger partial charge is 0.249 e. The summed E-state index contributed by atoms with van der Waals surface area (Å²) in [7, 11) is 0. The number of hydrogen-bond acceptors (Lipinski definition) is 3. The maximum atomic E-state index is 11.6. The van der Waals surface area contributed by atoms with Gasteiger partial charge in [0.05, 0.1) is 6.07 Å². The van der Waals surface area contributed by atoms with Crippen molar-refractivity contribution < 1.29 is 9.59 Å². The third kappa shape index (κ3) is 1.07. The molecule has 0 saturated heterocycles. The molecule has 0 spiro atoms.